The topological polar surface area (TPSA) is 19.9 Å². The van der Waals surface area contributed by atoms with Crippen LogP contribution in [0.4, 0.5) is 0 Å². The number of rotatable bonds is 1. The fourth-order valence-electron chi connectivity index (χ4n) is 0.0361. The first-order chi connectivity index (χ1) is 2.81. The summed E-state index contributed by atoms with van der Waals surface area (Å²) in [5, 5.41) is 0. The Morgan fingerprint density at radius 1 is 1.83 bits per heavy atom. The van der Waals surface area contributed by atoms with Gasteiger partial charge < -0.3 is 0 Å². The second-order valence-corrected chi connectivity index (χ2v) is 0.757. The number of hydrogen-bond acceptors (Lipinski definition) is 0. The summed E-state index contributed by atoms with van der Waals surface area (Å²) in [4.78, 5) is 0. The van der Waals surface area contributed by atoms with Crippen LogP contribution in [0.3, 0.4) is 0 Å². The van der Waals surface area contributed by atoms with Gasteiger partial charge in [-0.1, -0.05) is 0 Å². The molecule has 0 bridgehead atoms. The van der Waals surface area contributed by atoms with Gasteiger partial charge >= 0.3 is 35.6 Å². The van der Waals surface area contributed by atoms with Crippen molar-refractivity contribution in [1.82, 2.24) is 0 Å². The van der Waals surface area contributed by atoms with Crippen molar-refractivity contribution in [3.63, 3.8) is 0 Å². The minimum absolute atomic E-state index is 0.176. The van der Waals surface area contributed by atoms with Gasteiger partial charge in [-0.2, -0.15) is 0 Å². The first kappa shape index (κ1) is 5.22. The first-order valence-corrected chi connectivity index (χ1v) is 1.41. The molecule has 0 saturated carbocycles. The molecule has 0 heterocycles. The predicted octanol–water partition coefficient (Wildman–Crippen LogP) is 0.921. The summed E-state index contributed by atoms with van der Waals surface area (Å²) < 4.78 is 9.41. The molecule has 1 nitrogen and oxygen atoms in total. The van der Waals surface area contributed by atoms with Gasteiger partial charge in [-0.05, 0) is 0 Å². The standard InChI is InChI=1S/C5H4O/c1-3-5(2)4-6/h1-2H2. The van der Waals surface area contributed by atoms with Crippen molar-refractivity contribution in [2.45, 2.75) is 0 Å². The molecule has 0 aliphatic carbocycles. The number of allylic oxidation sites excluding steroid dienone is 2. The molecule has 0 aromatic heterocycles. The fraction of sp³-hybridized carbons (Fsp3) is 0. The van der Waals surface area contributed by atoms with E-state index in [4.69, 9.17) is 0 Å². The van der Waals surface area contributed by atoms with E-state index >= 15 is 0 Å². The van der Waals surface area contributed by atoms with Crippen molar-refractivity contribution in [2.75, 3.05) is 0 Å². The Hall–Kier alpha value is -0.780. The van der Waals surface area contributed by atoms with Gasteiger partial charge in [0.2, 0.25) is 0 Å². The zero-order chi connectivity index (χ0) is 4.99. The van der Waals surface area contributed by atoms with Crippen molar-refractivity contribution < 1.29 is 4.65 Å². The molecule has 0 fully saturated rings. The van der Waals surface area contributed by atoms with Crippen LogP contribution in [0.1, 0.15) is 0 Å². The van der Waals surface area contributed by atoms with Crippen LogP contribution in [0.2, 0.25) is 0 Å². The molecule has 1 heteroatoms. The van der Waals surface area contributed by atoms with Gasteiger partial charge in [0.15, 0.2) is 0 Å². The molecular weight excluding hydrogens is 76.1 g/mol. The van der Waals surface area contributed by atoms with E-state index in [0.717, 1.165) is 0 Å². The van der Waals surface area contributed by atoms with Crippen LogP contribution < -0.4 is 0 Å². The second-order valence-electron chi connectivity index (χ2n) is 0.757. The van der Waals surface area contributed by atoms with Crippen molar-refractivity contribution in [1.29, 1.82) is 0 Å². The summed E-state index contributed by atoms with van der Waals surface area (Å²) in [6.07, 6.45) is 3.74. The van der Waals surface area contributed by atoms with Gasteiger partial charge in [-0.25, -0.2) is 0 Å². The van der Waals surface area contributed by atoms with Crippen molar-refractivity contribution in [3.05, 3.63) is 24.8 Å². The normalized spacial score (nSPS) is 5.83. The summed E-state index contributed by atoms with van der Waals surface area (Å²) >= 11 is 0. The minimum atomic E-state index is 0.176. The Balaban J connectivity index is 3.63. The van der Waals surface area contributed by atoms with Crippen LogP contribution in [0.15, 0.2) is 18.7 Å². The van der Waals surface area contributed by atoms with Gasteiger partial charge in [0.05, 0.1) is 0 Å². The average molecular weight is 80.1 g/mol. The number of hydrogen-bond donors (Lipinski definition) is 0. The summed E-state index contributed by atoms with van der Waals surface area (Å²) in [5.74, 6) is 0. The van der Waals surface area contributed by atoms with Gasteiger partial charge in [0.1, 0.15) is 0 Å². The van der Waals surface area contributed by atoms with Crippen LogP contribution >= 0.6 is 0 Å². The summed E-state index contributed by atoms with van der Waals surface area (Å²) in [6.45, 7) is 6.34. The first-order valence-electron chi connectivity index (χ1n) is 1.41. The molecule has 0 aliphatic rings. The van der Waals surface area contributed by atoms with Gasteiger partial charge in [-0.15, -0.1) is 0 Å². The SMILES string of the molecule is C=[C-]C(=C)C#[O+]. The van der Waals surface area contributed by atoms with E-state index in [1.807, 2.05) is 0 Å². The predicted molar refractivity (Wildman–Crippen MR) is 22.6 cm³/mol. The van der Waals surface area contributed by atoms with Crippen LogP contribution in [0, 0.1) is 12.2 Å². The van der Waals surface area contributed by atoms with Crippen molar-refractivity contribution >= 4 is 0 Å². The Labute approximate surface area is 36.7 Å². The van der Waals surface area contributed by atoms with E-state index in [-0.39, 0.29) is 5.57 Å². The molecule has 0 amide bonds. The van der Waals surface area contributed by atoms with Gasteiger partial charge in [0.25, 0.3) is 0 Å². The molecule has 0 spiro atoms. The third kappa shape index (κ3) is 1.53. The summed E-state index contributed by atoms with van der Waals surface area (Å²) in [6, 6.07) is 0. The molecule has 6 heavy (non-hydrogen) atoms. The fourth-order valence-corrected chi connectivity index (χ4v) is 0.0361. The van der Waals surface area contributed by atoms with E-state index in [1.165, 1.54) is 6.15 Å². The Bertz CT molecular complexity index is 106. The molecular formula is C5H4O. The van der Waals surface area contributed by atoms with E-state index < -0.39 is 0 Å². The molecule has 0 saturated heterocycles. The zero-order valence-electron chi connectivity index (χ0n) is 3.32. The summed E-state index contributed by atoms with van der Waals surface area (Å²) in [5.41, 5.74) is 0.176. The van der Waals surface area contributed by atoms with Crippen LogP contribution in [-0.4, -0.2) is 0 Å². The van der Waals surface area contributed by atoms with Crippen LogP contribution in [0.5, 0.6) is 0 Å². The maximum atomic E-state index is 9.41. The average Bonchev–Trinajstić information content (AvgIpc) is 1.65. The van der Waals surface area contributed by atoms with Crippen LogP contribution in [-0.2, 0) is 4.65 Å². The molecule has 0 aromatic rings. The molecule has 0 rings (SSSR count). The third-order valence-electron chi connectivity index (χ3n) is 0.337. The van der Waals surface area contributed by atoms with E-state index in [2.05, 4.69) is 19.2 Å². The molecule has 0 atom stereocenters. The molecule has 0 aromatic carbocycles. The van der Waals surface area contributed by atoms with Crippen LogP contribution in [0.25, 0.3) is 0 Å². The Morgan fingerprint density at radius 2 is 2.33 bits per heavy atom. The van der Waals surface area contributed by atoms with Gasteiger partial charge in [-0.3, -0.25) is 0 Å². The molecule has 0 radical (unpaired) electrons. The monoisotopic (exact) mass is 80.0 g/mol. The second kappa shape index (κ2) is 2.46. The molecule has 0 N–H and O–H groups in total. The quantitative estimate of drug-likeness (QED) is 0.253. The van der Waals surface area contributed by atoms with Crippen molar-refractivity contribution in [3.8, 4) is 6.15 Å². The maximum absolute atomic E-state index is 9.41. The van der Waals surface area contributed by atoms with E-state index in [0.29, 0.717) is 0 Å². The summed E-state index contributed by atoms with van der Waals surface area (Å²) in [7, 11) is 0. The van der Waals surface area contributed by atoms with Crippen molar-refractivity contribution in [2.24, 2.45) is 0 Å². The molecule has 0 aliphatic heterocycles. The molecule has 30 valence electrons. The molecule has 0 unspecified atom stereocenters. The zero-order valence-corrected chi connectivity index (χ0v) is 3.32. The van der Waals surface area contributed by atoms with E-state index in [1.54, 1.807) is 0 Å². The Morgan fingerprint density at radius 3 is 2.33 bits per heavy atom. The van der Waals surface area contributed by atoms with E-state index in [9.17, 15) is 4.65 Å². The Kier molecular flexibility index (Phi) is 2.14. The third-order valence-corrected chi connectivity index (χ3v) is 0.337. The van der Waals surface area contributed by atoms with Gasteiger partial charge in [0, 0.05) is 0 Å².